The largest absolute Gasteiger partial charge is 0.350 e. The summed E-state index contributed by atoms with van der Waals surface area (Å²) in [4.78, 5) is 16.0. The number of H-pyrrole nitrogens is 1. The molecule has 0 spiro atoms. The highest BCUT2D eigenvalue weighted by atomic mass is 35.5. The number of amides is 1. The van der Waals surface area contributed by atoms with Crippen LogP contribution < -0.4 is 5.32 Å². The highest BCUT2D eigenvalue weighted by Gasteiger charge is 2.19. The number of hydrogen-bond acceptors (Lipinski definition) is 4. The van der Waals surface area contributed by atoms with Gasteiger partial charge in [-0.25, -0.2) is 0 Å². The summed E-state index contributed by atoms with van der Waals surface area (Å²) in [6, 6.07) is 11.5. The van der Waals surface area contributed by atoms with Crippen molar-refractivity contribution < 1.29 is 4.79 Å². The lowest BCUT2D eigenvalue weighted by atomic mass is 10.1. The Kier molecular flexibility index (Phi) is 5.53. The molecule has 0 aliphatic heterocycles. The number of aromatic nitrogens is 2. The number of nitrogens with zero attached hydrogens (tertiary/aromatic N) is 2. The summed E-state index contributed by atoms with van der Waals surface area (Å²) in [6.45, 7) is 0.525. The monoisotopic (exact) mass is 374 g/mol. The van der Waals surface area contributed by atoms with E-state index < -0.39 is 0 Å². The fraction of sp³-hybridized carbons (Fsp3) is 0.222. The quantitative estimate of drug-likeness (QED) is 0.689. The van der Waals surface area contributed by atoms with Crippen molar-refractivity contribution in [2.24, 2.45) is 0 Å². The van der Waals surface area contributed by atoms with Crippen LogP contribution in [-0.4, -0.2) is 41.6 Å². The molecule has 7 heteroatoms. The Bertz CT molecular complexity index is 827. The fourth-order valence-corrected chi connectivity index (χ4v) is 3.65. The minimum absolute atomic E-state index is 0.134. The summed E-state index contributed by atoms with van der Waals surface area (Å²) >= 11 is 7.62. The first-order valence-corrected chi connectivity index (χ1v) is 9.09. The number of carbonyl (C=O) groups excluding carboxylic acids is 1. The maximum Gasteiger partial charge on any atom is 0.255 e. The molecule has 0 fully saturated rings. The first kappa shape index (κ1) is 17.7. The van der Waals surface area contributed by atoms with Gasteiger partial charge < -0.3 is 10.2 Å². The normalized spacial score (nSPS) is 12.3. The van der Waals surface area contributed by atoms with Gasteiger partial charge >= 0.3 is 0 Å². The topological polar surface area (TPSA) is 61.0 Å². The molecule has 1 aromatic carbocycles. The summed E-state index contributed by atoms with van der Waals surface area (Å²) in [6.07, 6.45) is 1.55. The predicted molar refractivity (Wildman–Crippen MR) is 102 cm³/mol. The van der Waals surface area contributed by atoms with Crippen molar-refractivity contribution in [1.29, 1.82) is 0 Å². The lowest BCUT2D eigenvalue weighted by Crippen LogP contribution is -2.34. The van der Waals surface area contributed by atoms with Gasteiger partial charge in [-0.15, -0.1) is 11.3 Å². The number of hydrogen-bond donors (Lipinski definition) is 2. The van der Waals surface area contributed by atoms with Gasteiger partial charge in [0.1, 0.15) is 0 Å². The van der Waals surface area contributed by atoms with Gasteiger partial charge in [-0.3, -0.25) is 9.89 Å². The molecule has 5 nitrogen and oxygen atoms in total. The Labute approximate surface area is 155 Å². The van der Waals surface area contributed by atoms with Crippen LogP contribution in [0.1, 0.15) is 21.3 Å². The molecule has 1 unspecified atom stereocenters. The summed E-state index contributed by atoms with van der Waals surface area (Å²) in [5.74, 6) is -0.151. The Morgan fingerprint density at radius 1 is 1.32 bits per heavy atom. The third kappa shape index (κ3) is 4.10. The molecular formula is C18H19ClN4OS. The van der Waals surface area contributed by atoms with E-state index in [-0.39, 0.29) is 11.9 Å². The van der Waals surface area contributed by atoms with Gasteiger partial charge in [0.15, 0.2) is 0 Å². The van der Waals surface area contributed by atoms with Crippen LogP contribution in [0.5, 0.6) is 0 Å². The molecule has 0 saturated heterocycles. The van der Waals surface area contributed by atoms with Gasteiger partial charge in [0.05, 0.1) is 23.5 Å². The third-order valence-electron chi connectivity index (χ3n) is 3.97. The number of benzene rings is 1. The van der Waals surface area contributed by atoms with E-state index in [0.717, 1.165) is 5.56 Å². The molecule has 0 bridgehead atoms. The van der Waals surface area contributed by atoms with Crippen LogP contribution in [0.4, 0.5) is 0 Å². The molecule has 2 N–H and O–H groups in total. The number of rotatable bonds is 6. The van der Waals surface area contributed by atoms with E-state index in [4.69, 9.17) is 11.6 Å². The van der Waals surface area contributed by atoms with Crippen molar-refractivity contribution in [3.8, 4) is 11.3 Å². The molecule has 1 atom stereocenters. The Morgan fingerprint density at radius 2 is 2.08 bits per heavy atom. The molecule has 25 heavy (non-hydrogen) atoms. The first-order valence-electron chi connectivity index (χ1n) is 7.83. The highest BCUT2D eigenvalue weighted by Crippen LogP contribution is 2.24. The van der Waals surface area contributed by atoms with Crippen LogP contribution in [0, 0.1) is 0 Å². The lowest BCUT2D eigenvalue weighted by molar-refractivity contribution is 0.0943. The Hall–Kier alpha value is -2.15. The molecule has 0 radical (unpaired) electrons. The smallest absolute Gasteiger partial charge is 0.255 e. The zero-order valence-corrected chi connectivity index (χ0v) is 15.6. The Balaban J connectivity index is 1.74. The van der Waals surface area contributed by atoms with E-state index in [1.807, 2.05) is 37.7 Å². The first-order chi connectivity index (χ1) is 12.1. The molecular weight excluding hydrogens is 356 g/mol. The molecule has 3 rings (SSSR count). The summed E-state index contributed by atoms with van der Waals surface area (Å²) < 4.78 is 0. The van der Waals surface area contributed by atoms with Crippen LogP contribution in [-0.2, 0) is 0 Å². The molecule has 0 aliphatic carbocycles. The van der Waals surface area contributed by atoms with E-state index in [0.29, 0.717) is 22.8 Å². The summed E-state index contributed by atoms with van der Waals surface area (Å²) in [5, 5.41) is 12.6. The van der Waals surface area contributed by atoms with Crippen molar-refractivity contribution in [3.05, 3.63) is 63.4 Å². The fourth-order valence-electron chi connectivity index (χ4n) is 2.60. The van der Waals surface area contributed by atoms with E-state index in [9.17, 15) is 4.79 Å². The highest BCUT2D eigenvalue weighted by molar-refractivity contribution is 7.10. The molecule has 3 aromatic rings. The van der Waals surface area contributed by atoms with E-state index >= 15 is 0 Å². The Morgan fingerprint density at radius 3 is 2.72 bits per heavy atom. The molecule has 0 aliphatic rings. The summed E-state index contributed by atoms with van der Waals surface area (Å²) in [5.41, 5.74) is 2.08. The van der Waals surface area contributed by atoms with E-state index in [1.54, 1.807) is 29.7 Å². The van der Waals surface area contributed by atoms with Gasteiger partial charge in [-0.2, -0.15) is 5.10 Å². The zero-order chi connectivity index (χ0) is 17.8. The van der Waals surface area contributed by atoms with Crippen molar-refractivity contribution in [3.63, 3.8) is 0 Å². The van der Waals surface area contributed by atoms with Gasteiger partial charge in [0.25, 0.3) is 5.91 Å². The number of halogens is 1. The lowest BCUT2D eigenvalue weighted by Gasteiger charge is -2.23. The zero-order valence-electron chi connectivity index (χ0n) is 14.0. The van der Waals surface area contributed by atoms with Gasteiger partial charge in [-0.1, -0.05) is 29.8 Å². The van der Waals surface area contributed by atoms with Crippen molar-refractivity contribution >= 4 is 28.8 Å². The summed E-state index contributed by atoms with van der Waals surface area (Å²) in [7, 11) is 4.01. The van der Waals surface area contributed by atoms with Crippen LogP contribution >= 0.6 is 22.9 Å². The second kappa shape index (κ2) is 7.82. The number of aromatic amines is 1. The SMILES string of the molecule is CN(C)C(CNC(=O)c1cn[nH]c1-c1ccc(Cl)cc1)c1cccs1. The second-order valence-corrected chi connectivity index (χ2v) is 7.29. The minimum atomic E-state index is -0.151. The van der Waals surface area contributed by atoms with Gasteiger partial charge in [0.2, 0.25) is 0 Å². The van der Waals surface area contributed by atoms with Crippen LogP contribution in [0.2, 0.25) is 5.02 Å². The average Bonchev–Trinajstić information content (AvgIpc) is 3.27. The number of likely N-dealkylation sites (N-methyl/N-ethyl adjacent to an activating group) is 1. The van der Waals surface area contributed by atoms with Crippen LogP contribution in [0.25, 0.3) is 11.3 Å². The van der Waals surface area contributed by atoms with E-state index in [2.05, 4.69) is 26.5 Å². The maximum atomic E-state index is 12.7. The number of carbonyl (C=O) groups is 1. The van der Waals surface area contributed by atoms with Crippen LogP contribution in [0.15, 0.2) is 48.0 Å². The molecule has 130 valence electrons. The van der Waals surface area contributed by atoms with Gasteiger partial charge in [0, 0.05) is 22.0 Å². The molecule has 2 heterocycles. The van der Waals surface area contributed by atoms with Crippen molar-refractivity contribution in [2.45, 2.75) is 6.04 Å². The minimum Gasteiger partial charge on any atom is -0.350 e. The van der Waals surface area contributed by atoms with Gasteiger partial charge in [-0.05, 0) is 37.7 Å². The second-order valence-electron chi connectivity index (χ2n) is 5.87. The van der Waals surface area contributed by atoms with Crippen LogP contribution in [0.3, 0.4) is 0 Å². The average molecular weight is 375 g/mol. The molecule has 0 saturated carbocycles. The third-order valence-corrected chi connectivity index (χ3v) is 5.19. The number of thiophene rings is 1. The standard InChI is InChI=1S/C18H19ClN4OS/c1-23(2)15(16-4-3-9-25-16)11-20-18(24)14-10-21-22-17(14)12-5-7-13(19)8-6-12/h3-10,15H,11H2,1-2H3,(H,20,24)(H,21,22). The maximum absolute atomic E-state index is 12.7. The number of nitrogens with one attached hydrogen (secondary N) is 2. The molecule has 1 amide bonds. The van der Waals surface area contributed by atoms with E-state index in [1.165, 1.54) is 4.88 Å². The molecule has 2 aromatic heterocycles. The van der Waals surface area contributed by atoms with Crippen molar-refractivity contribution in [2.75, 3.05) is 20.6 Å². The predicted octanol–water partition coefficient (Wildman–Crippen LogP) is 3.82. The van der Waals surface area contributed by atoms with Crippen molar-refractivity contribution in [1.82, 2.24) is 20.4 Å².